The van der Waals surface area contributed by atoms with Crippen LogP contribution in [0.3, 0.4) is 0 Å². The van der Waals surface area contributed by atoms with Gasteiger partial charge in [0, 0.05) is 52.0 Å². The number of hydrogen-bond acceptors (Lipinski definition) is 5. The maximum Gasteiger partial charge on any atom is 0.263 e. The van der Waals surface area contributed by atoms with E-state index in [2.05, 4.69) is 54.7 Å². The average molecular weight is 514 g/mol. The van der Waals surface area contributed by atoms with E-state index < -0.39 is 0 Å². The molecule has 28 heavy (non-hydrogen) atoms. The van der Waals surface area contributed by atoms with E-state index in [0.717, 1.165) is 37.8 Å². The number of thiazole rings is 1. The van der Waals surface area contributed by atoms with Crippen molar-refractivity contribution in [3.63, 3.8) is 0 Å². The molecule has 3 rings (SSSR count). The van der Waals surface area contributed by atoms with Crippen molar-refractivity contribution < 1.29 is 4.79 Å². The Bertz CT molecular complexity index is 774. The molecule has 7 nitrogen and oxygen atoms in total. The highest BCUT2D eigenvalue weighted by Gasteiger charge is 2.19. The zero-order valence-corrected chi connectivity index (χ0v) is 19.4. The Morgan fingerprint density at radius 2 is 1.82 bits per heavy atom. The normalized spacial score (nSPS) is 14.4. The molecule has 0 radical (unpaired) electrons. The number of piperazine rings is 1. The fourth-order valence-corrected chi connectivity index (χ4v) is 3.82. The lowest BCUT2D eigenvalue weighted by atomic mass is 10.2. The molecule has 1 amide bonds. The molecule has 2 aromatic rings. The number of amides is 1. The second kappa shape index (κ2) is 11.2. The molecule has 1 aliphatic heterocycles. The Hall–Kier alpha value is -1.88. The Labute approximate surface area is 187 Å². The lowest BCUT2D eigenvalue weighted by molar-refractivity contribution is 0.0957. The molecule has 1 fully saturated rings. The number of aryl methyl sites for hydroxylation is 1. The number of hydrogen-bond donors (Lipinski definition) is 2. The average Bonchev–Trinajstić information content (AvgIpc) is 3.15. The highest BCUT2D eigenvalue weighted by Crippen LogP contribution is 2.15. The second-order valence-electron chi connectivity index (χ2n) is 6.31. The summed E-state index contributed by atoms with van der Waals surface area (Å²) in [4.78, 5) is 25.9. The summed E-state index contributed by atoms with van der Waals surface area (Å²) in [6.07, 6.45) is 0. The molecule has 1 aromatic carbocycles. The zero-order valence-electron chi connectivity index (χ0n) is 16.2. The van der Waals surface area contributed by atoms with E-state index in [1.165, 1.54) is 17.0 Å². The number of anilines is 1. The van der Waals surface area contributed by atoms with Gasteiger partial charge in [-0.3, -0.25) is 9.79 Å². The molecular formula is C19H27IN6OS. The van der Waals surface area contributed by atoms with Gasteiger partial charge in [0.2, 0.25) is 0 Å². The van der Waals surface area contributed by atoms with Crippen molar-refractivity contribution in [1.29, 1.82) is 0 Å². The number of carbonyl (C=O) groups is 1. The summed E-state index contributed by atoms with van der Waals surface area (Å²) in [6.45, 7) is 6.79. The van der Waals surface area contributed by atoms with E-state index >= 15 is 0 Å². The number of nitrogens with one attached hydrogen (secondary N) is 2. The highest BCUT2D eigenvalue weighted by molar-refractivity contribution is 14.0. The third-order valence-electron chi connectivity index (χ3n) is 4.56. The number of nitrogens with zero attached hydrogens (tertiary/aromatic N) is 4. The van der Waals surface area contributed by atoms with Crippen LogP contribution < -0.4 is 15.5 Å². The first-order valence-corrected chi connectivity index (χ1v) is 10.0. The minimum absolute atomic E-state index is 0. The molecule has 0 atom stereocenters. The van der Waals surface area contributed by atoms with Crippen LogP contribution in [0.2, 0.25) is 0 Å². The number of carbonyl (C=O) groups excluding carboxylic acids is 1. The van der Waals surface area contributed by atoms with Crippen LogP contribution in [0.25, 0.3) is 0 Å². The predicted octanol–water partition coefficient (Wildman–Crippen LogP) is 2.20. The van der Waals surface area contributed by atoms with E-state index in [0.29, 0.717) is 18.0 Å². The van der Waals surface area contributed by atoms with Gasteiger partial charge >= 0.3 is 0 Å². The maximum absolute atomic E-state index is 12.1. The summed E-state index contributed by atoms with van der Waals surface area (Å²) in [5.41, 5.74) is 3.73. The Morgan fingerprint density at radius 3 is 2.43 bits per heavy atom. The van der Waals surface area contributed by atoms with Crippen molar-refractivity contribution in [3.05, 3.63) is 46.4 Å². The second-order valence-corrected chi connectivity index (χ2v) is 7.16. The van der Waals surface area contributed by atoms with Gasteiger partial charge in [0.05, 0.1) is 11.2 Å². The Morgan fingerprint density at radius 1 is 1.14 bits per heavy atom. The van der Waals surface area contributed by atoms with Gasteiger partial charge in [-0.05, 0) is 19.1 Å². The minimum atomic E-state index is -0.0664. The fourth-order valence-electron chi connectivity index (χ4n) is 3.10. The van der Waals surface area contributed by atoms with Gasteiger partial charge in [0.15, 0.2) is 5.96 Å². The molecule has 0 spiro atoms. The Balaban J connectivity index is 0.00000280. The van der Waals surface area contributed by atoms with Crippen LogP contribution in [0.1, 0.15) is 15.4 Å². The van der Waals surface area contributed by atoms with Gasteiger partial charge in [-0.2, -0.15) is 0 Å². The Kier molecular flexibility index (Phi) is 8.97. The van der Waals surface area contributed by atoms with Crippen molar-refractivity contribution in [3.8, 4) is 0 Å². The van der Waals surface area contributed by atoms with Crippen LogP contribution in [-0.4, -0.2) is 68.1 Å². The summed E-state index contributed by atoms with van der Waals surface area (Å²) in [7, 11) is 1.80. The first-order valence-electron chi connectivity index (χ1n) is 9.13. The molecule has 0 saturated carbocycles. The summed E-state index contributed by atoms with van der Waals surface area (Å²) in [5.74, 6) is 0.814. The van der Waals surface area contributed by atoms with E-state index in [9.17, 15) is 4.79 Å². The summed E-state index contributed by atoms with van der Waals surface area (Å²) >= 11 is 1.37. The van der Waals surface area contributed by atoms with E-state index in [-0.39, 0.29) is 29.9 Å². The van der Waals surface area contributed by atoms with Crippen LogP contribution in [0.15, 0.2) is 40.8 Å². The zero-order chi connectivity index (χ0) is 19.1. The van der Waals surface area contributed by atoms with Crippen LogP contribution in [0, 0.1) is 6.92 Å². The standard InChI is InChI=1S/C19H26N6OS.HI/c1-15-17(27-14-23-15)18(26)21-8-9-22-19(20-2)25-12-10-24(11-13-25)16-6-4-3-5-7-16;/h3-7,14H,8-13H2,1-2H3,(H,20,22)(H,21,26);1H. The van der Waals surface area contributed by atoms with E-state index in [1.54, 1.807) is 12.6 Å². The number of guanidine groups is 1. The van der Waals surface area contributed by atoms with Gasteiger partial charge in [-0.15, -0.1) is 35.3 Å². The topological polar surface area (TPSA) is 72.9 Å². The molecule has 0 bridgehead atoms. The molecule has 9 heteroatoms. The molecule has 2 heterocycles. The van der Waals surface area contributed by atoms with Gasteiger partial charge in [0.1, 0.15) is 4.88 Å². The van der Waals surface area contributed by atoms with Crippen molar-refractivity contribution >= 4 is 52.9 Å². The molecule has 1 aromatic heterocycles. The number of para-hydroxylation sites is 1. The molecule has 0 unspecified atom stereocenters. The smallest absolute Gasteiger partial charge is 0.263 e. The lowest BCUT2D eigenvalue weighted by Crippen LogP contribution is -2.53. The lowest BCUT2D eigenvalue weighted by Gasteiger charge is -2.37. The number of rotatable bonds is 5. The third-order valence-corrected chi connectivity index (χ3v) is 5.49. The predicted molar refractivity (Wildman–Crippen MR) is 126 cm³/mol. The van der Waals surface area contributed by atoms with Crippen LogP contribution in [-0.2, 0) is 0 Å². The van der Waals surface area contributed by atoms with Crippen LogP contribution >= 0.6 is 35.3 Å². The van der Waals surface area contributed by atoms with Gasteiger partial charge in [0.25, 0.3) is 5.91 Å². The van der Waals surface area contributed by atoms with Crippen molar-refractivity contribution in [2.24, 2.45) is 4.99 Å². The van der Waals surface area contributed by atoms with Crippen molar-refractivity contribution in [2.45, 2.75) is 6.92 Å². The maximum atomic E-state index is 12.1. The molecule has 0 aliphatic carbocycles. The highest BCUT2D eigenvalue weighted by atomic mass is 127. The molecule has 1 aliphatic rings. The first-order chi connectivity index (χ1) is 13.2. The number of aromatic nitrogens is 1. The van der Waals surface area contributed by atoms with E-state index in [4.69, 9.17) is 0 Å². The number of aliphatic imine (C=N–C) groups is 1. The fraction of sp³-hybridized carbons (Fsp3) is 0.421. The monoisotopic (exact) mass is 514 g/mol. The SMILES string of the molecule is CN=C(NCCNC(=O)c1scnc1C)N1CCN(c2ccccc2)CC1.I. The van der Waals surface area contributed by atoms with Gasteiger partial charge in [-0.25, -0.2) is 4.98 Å². The van der Waals surface area contributed by atoms with E-state index in [1.807, 2.05) is 13.0 Å². The molecule has 1 saturated heterocycles. The summed E-state index contributed by atoms with van der Waals surface area (Å²) in [6, 6.07) is 10.5. The van der Waals surface area contributed by atoms with Crippen molar-refractivity contribution in [1.82, 2.24) is 20.5 Å². The largest absolute Gasteiger partial charge is 0.368 e. The molecule has 152 valence electrons. The molecule has 2 N–H and O–H groups in total. The first kappa shape index (κ1) is 22.4. The molecular weight excluding hydrogens is 487 g/mol. The summed E-state index contributed by atoms with van der Waals surface area (Å²) < 4.78 is 0. The number of halogens is 1. The van der Waals surface area contributed by atoms with Crippen molar-refractivity contribution in [2.75, 3.05) is 51.2 Å². The van der Waals surface area contributed by atoms with Crippen LogP contribution in [0.5, 0.6) is 0 Å². The van der Waals surface area contributed by atoms with Gasteiger partial charge in [-0.1, -0.05) is 18.2 Å². The third kappa shape index (κ3) is 5.81. The minimum Gasteiger partial charge on any atom is -0.368 e. The number of benzene rings is 1. The van der Waals surface area contributed by atoms with Gasteiger partial charge < -0.3 is 20.4 Å². The quantitative estimate of drug-likeness (QED) is 0.277. The van der Waals surface area contributed by atoms with Crippen LogP contribution in [0.4, 0.5) is 5.69 Å². The summed E-state index contributed by atoms with van der Waals surface area (Å²) in [5, 5.41) is 6.26.